The van der Waals surface area contributed by atoms with E-state index < -0.39 is 0 Å². The Morgan fingerprint density at radius 3 is 1.98 bits per heavy atom. The second kappa shape index (κ2) is 11.1. The van der Waals surface area contributed by atoms with E-state index >= 15 is 0 Å². The van der Waals surface area contributed by atoms with Crippen LogP contribution in [0.5, 0.6) is 0 Å². The van der Waals surface area contributed by atoms with Crippen molar-refractivity contribution in [2.24, 2.45) is 0 Å². The second-order valence-corrected chi connectivity index (χ2v) is 14.6. The molecule has 3 heterocycles. The van der Waals surface area contributed by atoms with E-state index in [2.05, 4.69) is 164 Å². The van der Waals surface area contributed by atoms with Crippen LogP contribution in [0.3, 0.4) is 0 Å². The van der Waals surface area contributed by atoms with Crippen molar-refractivity contribution < 1.29 is 4.42 Å². The lowest BCUT2D eigenvalue weighted by Gasteiger charge is -2.21. The zero-order valence-electron chi connectivity index (χ0n) is 29.3. The molecule has 11 rings (SSSR count). The molecule has 0 saturated heterocycles. The Morgan fingerprint density at radius 1 is 0.491 bits per heavy atom. The highest BCUT2D eigenvalue weighted by Crippen LogP contribution is 2.49. The van der Waals surface area contributed by atoms with Crippen molar-refractivity contribution in [3.63, 3.8) is 0 Å². The first-order valence-corrected chi connectivity index (χ1v) is 18.2. The van der Waals surface area contributed by atoms with Gasteiger partial charge in [-0.15, -0.1) is 0 Å². The highest BCUT2D eigenvalue weighted by Gasteiger charge is 2.35. The van der Waals surface area contributed by atoms with Gasteiger partial charge < -0.3 is 8.98 Å². The molecular formula is C49H33N3O. The zero-order valence-corrected chi connectivity index (χ0v) is 29.3. The van der Waals surface area contributed by atoms with Crippen molar-refractivity contribution in [1.82, 2.24) is 14.5 Å². The molecule has 0 fully saturated rings. The van der Waals surface area contributed by atoms with Gasteiger partial charge in [0.2, 0.25) is 0 Å². The Morgan fingerprint density at radius 2 is 1.15 bits per heavy atom. The molecule has 0 N–H and O–H groups in total. The maximum absolute atomic E-state index is 6.52. The minimum absolute atomic E-state index is 0.110. The second-order valence-electron chi connectivity index (χ2n) is 14.6. The number of para-hydroxylation sites is 2. The van der Waals surface area contributed by atoms with Crippen molar-refractivity contribution in [1.29, 1.82) is 0 Å². The van der Waals surface area contributed by atoms with Crippen molar-refractivity contribution in [3.8, 4) is 50.7 Å². The molecule has 0 aliphatic heterocycles. The summed E-state index contributed by atoms with van der Waals surface area (Å²) in [6, 6.07) is 58.0. The minimum Gasteiger partial charge on any atom is -0.455 e. The Hall–Kier alpha value is -6.78. The first-order chi connectivity index (χ1) is 26.0. The Kier molecular flexibility index (Phi) is 6.27. The van der Waals surface area contributed by atoms with Gasteiger partial charge in [-0.25, -0.2) is 9.97 Å². The van der Waals surface area contributed by atoms with Crippen LogP contribution in [-0.2, 0) is 5.41 Å². The average Bonchev–Trinajstić information content (AvgIpc) is 3.84. The average molecular weight is 680 g/mol. The summed E-state index contributed by atoms with van der Waals surface area (Å²) in [5, 5.41) is 4.58. The summed E-state index contributed by atoms with van der Waals surface area (Å²) in [6.45, 7) is 4.62. The number of aromatic nitrogens is 3. The highest BCUT2D eigenvalue weighted by atomic mass is 16.3. The van der Waals surface area contributed by atoms with Crippen LogP contribution in [0.15, 0.2) is 168 Å². The van der Waals surface area contributed by atoms with Crippen LogP contribution < -0.4 is 0 Å². The summed E-state index contributed by atoms with van der Waals surface area (Å²) in [4.78, 5) is 10.4. The standard InChI is InChI=1S/C49H33N3O/c1-49(2)39-17-9-6-14-34(39)35-25-22-32(28-40(35)49)48-50-41(30-12-4-3-5-13-30)29-42(51-48)31-20-23-33(24-21-31)52-43-18-10-7-16-38(43)46-44(52)27-26-37-36-15-8-11-19-45(36)53-47(37)46/h3-29H,1-2H3. The maximum Gasteiger partial charge on any atom is 0.160 e. The lowest BCUT2D eigenvalue weighted by molar-refractivity contribution is 0.660. The molecule has 0 radical (unpaired) electrons. The molecule has 0 unspecified atom stereocenters. The SMILES string of the molecule is CC1(C)c2ccccc2-c2ccc(-c3nc(-c4ccccc4)cc(-c4ccc(-n5c6ccccc6c6c7oc8ccccc8c7ccc65)cc4)n3)cc21. The molecule has 4 nitrogen and oxygen atoms in total. The van der Waals surface area contributed by atoms with E-state index in [1.165, 1.54) is 27.6 Å². The zero-order chi connectivity index (χ0) is 35.3. The third kappa shape index (κ3) is 4.42. The van der Waals surface area contributed by atoms with Crippen LogP contribution >= 0.6 is 0 Å². The molecule has 10 aromatic rings. The summed E-state index contributed by atoms with van der Waals surface area (Å²) < 4.78 is 8.86. The molecule has 0 saturated carbocycles. The van der Waals surface area contributed by atoms with E-state index in [0.29, 0.717) is 0 Å². The molecule has 0 amide bonds. The van der Waals surface area contributed by atoms with E-state index in [1.54, 1.807) is 0 Å². The van der Waals surface area contributed by atoms with Gasteiger partial charge in [-0.2, -0.15) is 0 Å². The summed E-state index contributed by atoms with van der Waals surface area (Å²) in [6.07, 6.45) is 0. The highest BCUT2D eigenvalue weighted by molar-refractivity contribution is 6.23. The third-order valence-corrected chi connectivity index (χ3v) is 11.2. The van der Waals surface area contributed by atoms with E-state index in [-0.39, 0.29) is 5.41 Å². The lowest BCUT2D eigenvalue weighted by Crippen LogP contribution is -2.15. The number of nitrogens with zero attached hydrogens (tertiary/aromatic N) is 3. The van der Waals surface area contributed by atoms with Crippen molar-refractivity contribution >= 4 is 43.7 Å². The summed E-state index contributed by atoms with van der Waals surface area (Å²) in [5.41, 5.74) is 15.2. The molecule has 4 heteroatoms. The van der Waals surface area contributed by atoms with Gasteiger partial charge in [-0.05, 0) is 70.8 Å². The molecule has 3 aromatic heterocycles. The fourth-order valence-corrected chi connectivity index (χ4v) is 8.62. The van der Waals surface area contributed by atoms with E-state index in [9.17, 15) is 0 Å². The first-order valence-electron chi connectivity index (χ1n) is 18.2. The van der Waals surface area contributed by atoms with Gasteiger partial charge in [0.15, 0.2) is 5.82 Å². The largest absolute Gasteiger partial charge is 0.455 e. The van der Waals surface area contributed by atoms with E-state index in [0.717, 1.165) is 77.9 Å². The fraction of sp³-hybridized carbons (Fsp3) is 0.0612. The van der Waals surface area contributed by atoms with Gasteiger partial charge in [0.25, 0.3) is 0 Å². The van der Waals surface area contributed by atoms with Gasteiger partial charge in [0.05, 0.1) is 27.8 Å². The van der Waals surface area contributed by atoms with E-state index in [4.69, 9.17) is 14.4 Å². The molecule has 250 valence electrons. The fourth-order valence-electron chi connectivity index (χ4n) is 8.62. The predicted octanol–water partition coefficient (Wildman–Crippen LogP) is 12.8. The number of hydrogen-bond donors (Lipinski definition) is 0. The number of fused-ring (bicyclic) bond motifs is 10. The summed E-state index contributed by atoms with van der Waals surface area (Å²) in [7, 11) is 0. The van der Waals surface area contributed by atoms with Gasteiger partial charge >= 0.3 is 0 Å². The smallest absolute Gasteiger partial charge is 0.160 e. The van der Waals surface area contributed by atoms with Gasteiger partial charge in [0.1, 0.15) is 11.2 Å². The molecule has 1 aliphatic rings. The van der Waals surface area contributed by atoms with Crippen LogP contribution in [0, 0.1) is 0 Å². The molecule has 0 atom stereocenters. The van der Waals surface area contributed by atoms with Gasteiger partial charge in [0, 0.05) is 44.0 Å². The lowest BCUT2D eigenvalue weighted by atomic mass is 9.82. The molecule has 1 aliphatic carbocycles. The Balaban J connectivity index is 1.05. The van der Waals surface area contributed by atoms with Crippen LogP contribution in [0.2, 0.25) is 0 Å². The monoisotopic (exact) mass is 679 g/mol. The van der Waals surface area contributed by atoms with Crippen molar-refractivity contribution in [2.75, 3.05) is 0 Å². The van der Waals surface area contributed by atoms with Gasteiger partial charge in [-0.3, -0.25) is 0 Å². The van der Waals surface area contributed by atoms with Crippen LogP contribution in [-0.4, -0.2) is 14.5 Å². The van der Waals surface area contributed by atoms with Crippen LogP contribution in [0.25, 0.3) is 94.5 Å². The molecule has 0 spiro atoms. The number of benzene rings is 7. The predicted molar refractivity (Wildman–Crippen MR) is 218 cm³/mol. The third-order valence-electron chi connectivity index (χ3n) is 11.2. The van der Waals surface area contributed by atoms with Crippen molar-refractivity contribution in [3.05, 3.63) is 175 Å². The molecular weight excluding hydrogens is 647 g/mol. The van der Waals surface area contributed by atoms with Gasteiger partial charge in [-0.1, -0.05) is 129 Å². The molecule has 53 heavy (non-hydrogen) atoms. The Bertz CT molecular complexity index is 3080. The minimum atomic E-state index is -0.110. The van der Waals surface area contributed by atoms with E-state index in [1.807, 2.05) is 18.2 Å². The number of furan rings is 1. The molecule has 7 aromatic carbocycles. The number of hydrogen-bond acceptors (Lipinski definition) is 3. The van der Waals surface area contributed by atoms with Crippen LogP contribution in [0.4, 0.5) is 0 Å². The normalized spacial score (nSPS) is 13.2. The summed E-state index contributed by atoms with van der Waals surface area (Å²) in [5.74, 6) is 0.720. The first kappa shape index (κ1) is 29.9. The topological polar surface area (TPSA) is 43.9 Å². The van der Waals surface area contributed by atoms with Crippen LogP contribution in [0.1, 0.15) is 25.0 Å². The number of rotatable bonds is 4. The maximum atomic E-state index is 6.52. The summed E-state index contributed by atoms with van der Waals surface area (Å²) >= 11 is 0. The molecule has 0 bridgehead atoms. The van der Waals surface area contributed by atoms with Crippen molar-refractivity contribution in [2.45, 2.75) is 19.3 Å². The Labute approximate surface area is 306 Å². The quantitative estimate of drug-likeness (QED) is 0.186.